The SMILES string of the molecule is CCc1cc(S(=O)(=O)NC2CCN(C)C2=O)ccc1OC. The highest BCUT2D eigenvalue weighted by molar-refractivity contribution is 7.89. The molecule has 7 heteroatoms. The van der Waals surface area contributed by atoms with E-state index < -0.39 is 16.1 Å². The highest BCUT2D eigenvalue weighted by Crippen LogP contribution is 2.23. The molecule has 1 fully saturated rings. The van der Waals surface area contributed by atoms with Gasteiger partial charge in [-0.2, -0.15) is 4.72 Å². The molecule has 0 aliphatic carbocycles. The Morgan fingerprint density at radius 3 is 2.67 bits per heavy atom. The van der Waals surface area contributed by atoms with Crippen LogP contribution in [0.5, 0.6) is 5.75 Å². The van der Waals surface area contributed by atoms with Gasteiger partial charge in [-0.1, -0.05) is 6.92 Å². The molecule has 21 heavy (non-hydrogen) atoms. The predicted octanol–water partition coefficient (Wildman–Crippen LogP) is 0.767. The van der Waals surface area contributed by atoms with E-state index in [2.05, 4.69) is 4.72 Å². The molecular formula is C14H20N2O4S. The lowest BCUT2D eigenvalue weighted by atomic mass is 10.1. The van der Waals surface area contributed by atoms with Crippen molar-refractivity contribution in [2.24, 2.45) is 0 Å². The molecule has 6 nitrogen and oxygen atoms in total. The van der Waals surface area contributed by atoms with Gasteiger partial charge in [0.2, 0.25) is 15.9 Å². The molecule has 2 rings (SSSR count). The van der Waals surface area contributed by atoms with Gasteiger partial charge in [0.15, 0.2) is 0 Å². The van der Waals surface area contributed by atoms with Crippen LogP contribution in [0.2, 0.25) is 0 Å². The number of carbonyl (C=O) groups excluding carboxylic acids is 1. The maximum Gasteiger partial charge on any atom is 0.241 e. The molecule has 1 heterocycles. The molecule has 1 unspecified atom stereocenters. The Morgan fingerprint density at radius 1 is 1.43 bits per heavy atom. The quantitative estimate of drug-likeness (QED) is 0.871. The number of aryl methyl sites for hydroxylation is 1. The molecule has 0 bridgehead atoms. The van der Waals surface area contributed by atoms with Crippen molar-refractivity contribution in [3.8, 4) is 5.75 Å². The molecular weight excluding hydrogens is 292 g/mol. The maximum absolute atomic E-state index is 12.4. The molecule has 1 aromatic carbocycles. The van der Waals surface area contributed by atoms with E-state index in [0.717, 1.165) is 5.56 Å². The van der Waals surface area contributed by atoms with Gasteiger partial charge in [0, 0.05) is 13.6 Å². The minimum atomic E-state index is -3.71. The Morgan fingerprint density at radius 2 is 2.14 bits per heavy atom. The monoisotopic (exact) mass is 312 g/mol. The van der Waals surface area contributed by atoms with Gasteiger partial charge in [0.05, 0.1) is 12.0 Å². The summed E-state index contributed by atoms with van der Waals surface area (Å²) in [4.78, 5) is 13.5. The van der Waals surface area contributed by atoms with Gasteiger partial charge in [-0.05, 0) is 36.6 Å². The number of carbonyl (C=O) groups is 1. The number of hydrogen-bond acceptors (Lipinski definition) is 4. The molecule has 1 saturated heterocycles. The topological polar surface area (TPSA) is 75.7 Å². The van der Waals surface area contributed by atoms with Crippen molar-refractivity contribution >= 4 is 15.9 Å². The fourth-order valence-corrected chi connectivity index (χ4v) is 3.66. The van der Waals surface area contributed by atoms with Crippen molar-refractivity contribution in [2.75, 3.05) is 20.7 Å². The Balaban J connectivity index is 2.26. The molecule has 1 aliphatic rings. The van der Waals surface area contributed by atoms with Crippen LogP contribution in [0.4, 0.5) is 0 Å². The van der Waals surface area contributed by atoms with Gasteiger partial charge in [-0.25, -0.2) is 8.42 Å². The zero-order valence-electron chi connectivity index (χ0n) is 12.4. The summed E-state index contributed by atoms with van der Waals surface area (Å²) in [6.07, 6.45) is 1.16. The van der Waals surface area contributed by atoms with Crippen molar-refractivity contribution in [1.29, 1.82) is 0 Å². The van der Waals surface area contributed by atoms with E-state index in [-0.39, 0.29) is 10.8 Å². The number of amides is 1. The van der Waals surface area contributed by atoms with Gasteiger partial charge in [0.25, 0.3) is 0 Å². The van der Waals surface area contributed by atoms with Crippen molar-refractivity contribution in [3.63, 3.8) is 0 Å². The van der Waals surface area contributed by atoms with Gasteiger partial charge in [-0.3, -0.25) is 4.79 Å². The first-order valence-corrected chi connectivity index (χ1v) is 8.31. The Bertz CT molecular complexity index is 642. The first-order valence-electron chi connectivity index (χ1n) is 6.83. The fraction of sp³-hybridized carbons (Fsp3) is 0.500. The van der Waals surface area contributed by atoms with Crippen molar-refractivity contribution < 1.29 is 17.9 Å². The van der Waals surface area contributed by atoms with Crippen LogP contribution in [-0.2, 0) is 21.2 Å². The molecule has 116 valence electrons. The van der Waals surface area contributed by atoms with Crippen LogP contribution in [0.15, 0.2) is 23.1 Å². The van der Waals surface area contributed by atoms with Crippen LogP contribution in [0.3, 0.4) is 0 Å². The molecule has 0 radical (unpaired) electrons. The summed E-state index contributed by atoms with van der Waals surface area (Å²) in [6.45, 7) is 2.49. The predicted molar refractivity (Wildman–Crippen MR) is 78.7 cm³/mol. The fourth-order valence-electron chi connectivity index (χ4n) is 2.39. The Hall–Kier alpha value is -1.60. The molecule has 1 aliphatic heterocycles. The van der Waals surface area contributed by atoms with Crippen molar-refractivity contribution in [2.45, 2.75) is 30.7 Å². The lowest BCUT2D eigenvalue weighted by Crippen LogP contribution is -2.40. The third kappa shape index (κ3) is 3.19. The molecule has 1 aromatic rings. The average Bonchev–Trinajstić information content (AvgIpc) is 2.78. The minimum absolute atomic E-state index is 0.155. The zero-order valence-corrected chi connectivity index (χ0v) is 13.2. The normalized spacial score (nSPS) is 19.1. The van der Waals surface area contributed by atoms with Gasteiger partial charge in [0.1, 0.15) is 11.8 Å². The summed E-state index contributed by atoms with van der Waals surface area (Å²) in [6, 6.07) is 4.04. The lowest BCUT2D eigenvalue weighted by molar-refractivity contribution is -0.127. The van der Waals surface area contributed by atoms with E-state index in [1.807, 2.05) is 6.92 Å². The van der Waals surface area contributed by atoms with Crippen LogP contribution in [0, 0.1) is 0 Å². The van der Waals surface area contributed by atoms with E-state index in [0.29, 0.717) is 25.1 Å². The Kier molecular flexibility index (Phi) is 4.53. The summed E-state index contributed by atoms with van der Waals surface area (Å²) in [5.41, 5.74) is 0.815. The number of benzene rings is 1. The van der Waals surface area contributed by atoms with Gasteiger partial charge >= 0.3 is 0 Å². The molecule has 0 spiro atoms. The van der Waals surface area contributed by atoms with Gasteiger partial charge in [-0.15, -0.1) is 0 Å². The third-order valence-corrected chi connectivity index (χ3v) is 5.14. The van der Waals surface area contributed by atoms with Crippen LogP contribution >= 0.6 is 0 Å². The first-order chi connectivity index (χ1) is 9.89. The number of likely N-dealkylation sites (N-methyl/N-ethyl adjacent to an activating group) is 1. The number of likely N-dealkylation sites (tertiary alicyclic amines) is 1. The summed E-state index contributed by atoms with van der Waals surface area (Å²) in [7, 11) is -0.495. The average molecular weight is 312 g/mol. The number of hydrogen-bond donors (Lipinski definition) is 1. The van der Waals surface area contributed by atoms with Crippen LogP contribution in [-0.4, -0.2) is 46.0 Å². The second kappa shape index (κ2) is 6.03. The maximum atomic E-state index is 12.4. The van der Waals surface area contributed by atoms with Crippen LogP contribution in [0.25, 0.3) is 0 Å². The van der Waals surface area contributed by atoms with Crippen LogP contribution < -0.4 is 9.46 Å². The summed E-state index contributed by atoms with van der Waals surface area (Å²) in [5.74, 6) is 0.468. The standard InChI is InChI=1S/C14H20N2O4S/c1-4-10-9-11(5-6-13(10)20-3)21(18,19)15-12-7-8-16(2)14(12)17/h5-6,9,12,15H,4,7-8H2,1-3H3. The number of sulfonamides is 1. The third-order valence-electron chi connectivity index (χ3n) is 3.67. The number of rotatable bonds is 5. The number of ether oxygens (including phenoxy) is 1. The highest BCUT2D eigenvalue weighted by Gasteiger charge is 2.33. The van der Waals surface area contributed by atoms with E-state index in [9.17, 15) is 13.2 Å². The van der Waals surface area contributed by atoms with E-state index >= 15 is 0 Å². The van der Waals surface area contributed by atoms with Crippen molar-refractivity contribution in [3.05, 3.63) is 23.8 Å². The smallest absolute Gasteiger partial charge is 0.241 e. The van der Waals surface area contributed by atoms with E-state index in [4.69, 9.17) is 4.74 Å². The first kappa shape index (κ1) is 15.8. The largest absolute Gasteiger partial charge is 0.496 e. The summed E-state index contributed by atoms with van der Waals surface area (Å²) in [5, 5.41) is 0. The molecule has 1 N–H and O–H groups in total. The summed E-state index contributed by atoms with van der Waals surface area (Å²) >= 11 is 0. The zero-order chi connectivity index (χ0) is 15.6. The number of methoxy groups -OCH3 is 1. The lowest BCUT2D eigenvalue weighted by Gasteiger charge is -2.14. The second-order valence-electron chi connectivity index (χ2n) is 5.05. The number of nitrogens with one attached hydrogen (secondary N) is 1. The minimum Gasteiger partial charge on any atom is -0.496 e. The molecule has 0 saturated carbocycles. The molecule has 1 amide bonds. The van der Waals surface area contributed by atoms with E-state index in [1.165, 1.54) is 11.0 Å². The second-order valence-corrected chi connectivity index (χ2v) is 6.76. The Labute approximate surface area is 125 Å². The highest BCUT2D eigenvalue weighted by atomic mass is 32.2. The van der Waals surface area contributed by atoms with Gasteiger partial charge < -0.3 is 9.64 Å². The van der Waals surface area contributed by atoms with E-state index in [1.54, 1.807) is 26.3 Å². The van der Waals surface area contributed by atoms with Crippen molar-refractivity contribution in [1.82, 2.24) is 9.62 Å². The summed E-state index contributed by atoms with van der Waals surface area (Å²) < 4.78 is 32.4. The van der Waals surface area contributed by atoms with Crippen LogP contribution in [0.1, 0.15) is 18.9 Å². The molecule has 1 atom stereocenters. The molecule has 0 aromatic heterocycles. The number of nitrogens with zero attached hydrogens (tertiary/aromatic N) is 1.